The molecule has 2 aliphatic heterocycles. The van der Waals surface area contributed by atoms with Gasteiger partial charge in [-0.3, -0.25) is 14.5 Å². The summed E-state index contributed by atoms with van der Waals surface area (Å²) in [6, 6.07) is 3.18. The second-order valence-corrected chi connectivity index (χ2v) is 10.9. The monoisotopic (exact) mass is 987 g/mol. The van der Waals surface area contributed by atoms with Gasteiger partial charge in [-0.25, -0.2) is 4.98 Å². The number of nitrogens with one attached hydrogen (secondary N) is 1. The molecule has 11 nitrogen and oxygen atoms in total. The number of aromatic nitrogens is 1. The van der Waals surface area contributed by atoms with Gasteiger partial charge < -0.3 is 35.1 Å². The van der Waals surface area contributed by atoms with Crippen molar-refractivity contribution in [2.24, 2.45) is 5.92 Å². The Kier molecular flexibility index (Phi) is 9.34. The Hall–Kier alpha value is -1.21. The predicted octanol–water partition coefficient (Wildman–Crippen LogP) is 2.82. The number of aromatic hydroxyl groups is 1. The van der Waals surface area contributed by atoms with Gasteiger partial charge in [-0.2, -0.15) is 0 Å². The zero-order valence-corrected chi connectivity index (χ0v) is 32.7. The van der Waals surface area contributed by atoms with E-state index in [1.807, 2.05) is 0 Å². The average Bonchev–Trinajstić information content (AvgIpc) is 3.13. The Morgan fingerprint density at radius 1 is 1.07 bits per heavy atom. The summed E-state index contributed by atoms with van der Waals surface area (Å²) in [5.41, 5.74) is 7.58. The topological polar surface area (TPSA) is 160 Å². The summed E-state index contributed by atoms with van der Waals surface area (Å²) in [6.07, 6.45) is 0. The Labute approximate surface area is 306 Å². The van der Waals surface area contributed by atoms with Crippen molar-refractivity contribution in [1.29, 1.82) is 0 Å². The summed E-state index contributed by atoms with van der Waals surface area (Å²) >= 11 is 0. The van der Waals surface area contributed by atoms with E-state index in [0.29, 0.717) is 11.6 Å². The summed E-state index contributed by atoms with van der Waals surface area (Å²) in [4.78, 5) is 35.5. The molecule has 1 fully saturated rings. The van der Waals surface area contributed by atoms with E-state index in [0.717, 1.165) is 32.7 Å². The van der Waals surface area contributed by atoms with Crippen molar-refractivity contribution >= 4 is 50.1 Å². The Bertz CT molecular complexity index is 1880. The number of phenols is 1. The molecule has 4 N–H and O–H groups in total. The third-order valence-corrected chi connectivity index (χ3v) is 7.59. The number of phenolic OH excluding ortho intramolecular Hbond substituents is 1. The van der Waals surface area contributed by atoms with Gasteiger partial charge in [0.2, 0.25) is 5.43 Å². The second-order valence-electron chi connectivity index (χ2n) is 10.9. The van der Waals surface area contributed by atoms with Crippen molar-refractivity contribution in [3.63, 3.8) is 0 Å². The molecule has 2 radical (unpaired) electrons. The molecule has 1 atom stereocenters. The van der Waals surface area contributed by atoms with Gasteiger partial charge in [0.15, 0.2) is 22.3 Å². The quantitative estimate of drug-likeness (QED) is 0.158. The van der Waals surface area contributed by atoms with E-state index in [1.165, 1.54) is 19.9 Å². The van der Waals surface area contributed by atoms with Crippen molar-refractivity contribution in [3.8, 4) is 11.5 Å². The van der Waals surface area contributed by atoms with Crippen molar-refractivity contribution in [2.75, 3.05) is 37.6 Å². The molecule has 0 aliphatic carbocycles. The van der Waals surface area contributed by atoms with Crippen LogP contribution in [0, 0.1) is 101 Å². The molecule has 0 saturated carbocycles. The zero-order valence-electron chi connectivity index (χ0n) is 23.2. The van der Waals surface area contributed by atoms with Gasteiger partial charge in [0.05, 0.1) is 10.6 Å². The minimum atomic E-state index is -2.12. The fourth-order valence-electron chi connectivity index (χ4n) is 5.66. The number of hydrogen-bond acceptors (Lipinski definition) is 10. The van der Waals surface area contributed by atoms with Gasteiger partial charge >= 0.3 is 0 Å². The summed E-state index contributed by atoms with van der Waals surface area (Å²) in [5.74, 6) is -2.86. The molecular formula is C28H29Ac2N4O7-. The molecule has 1 aromatic heterocycles. The molecule has 1 unspecified atom stereocenters. The molecule has 0 spiro atoms. The van der Waals surface area contributed by atoms with E-state index in [-0.39, 0.29) is 138 Å². The number of fused-ring (bicyclic) bond motifs is 6. The van der Waals surface area contributed by atoms with Gasteiger partial charge in [-0.05, 0) is 12.8 Å². The summed E-state index contributed by atoms with van der Waals surface area (Å²) in [6.45, 7) is 11.2. The molecule has 13 heteroatoms. The molecule has 6 rings (SSSR count). The summed E-state index contributed by atoms with van der Waals surface area (Å²) < 4.78 is 11.5. The predicted molar refractivity (Wildman–Crippen MR) is 148 cm³/mol. The van der Waals surface area contributed by atoms with Crippen LogP contribution in [0.3, 0.4) is 0 Å². The van der Waals surface area contributed by atoms with Crippen molar-refractivity contribution in [1.82, 2.24) is 9.88 Å². The van der Waals surface area contributed by atoms with Gasteiger partial charge in [-0.15, -0.1) is 0 Å². The van der Waals surface area contributed by atoms with Crippen LogP contribution in [-0.2, 0) is 0 Å². The molecular weight excluding hydrogens is 958 g/mol. The molecule has 41 heavy (non-hydrogen) atoms. The van der Waals surface area contributed by atoms with Crippen LogP contribution in [0.2, 0.25) is 0 Å². The van der Waals surface area contributed by atoms with Crippen molar-refractivity contribution in [3.05, 3.63) is 49.1 Å². The van der Waals surface area contributed by atoms with E-state index in [9.17, 15) is 24.9 Å². The Balaban J connectivity index is 0.00000194. The number of piperazine rings is 1. The van der Waals surface area contributed by atoms with Crippen LogP contribution in [0.15, 0.2) is 26.1 Å². The maximum absolute atomic E-state index is 13.3. The zero-order chi connectivity index (χ0) is 28.0. The minimum Gasteiger partial charge on any atom is -0.693 e. The Morgan fingerprint density at radius 2 is 1.73 bits per heavy atom. The van der Waals surface area contributed by atoms with Crippen molar-refractivity contribution < 1.29 is 113 Å². The molecule has 4 aromatic rings. The smallest absolute Gasteiger partial charge is 0.264 e. The first-order valence-electron chi connectivity index (χ1n) is 12.9. The fraction of sp³-hybridized carbons (Fsp3) is 0.393. The standard InChI is InChI=1S/C28H30N4O7.2Ac/c1-12(2)11-31-5-7-32(8-6-31)14-9-15(33)21-16(10-14)38-26-20(29)24(35)18-17(22(26)30-21)19-25(13(3)23(18)34)39-28(4,37)27(19)36;;/h9-10,12,37H,5-8,11H2,1-4H3,(H4,29,30,33,34,35,36);;/p-1. The number of hydrogen-bond donors (Lipinski definition) is 3. The molecule has 2 aliphatic rings. The summed E-state index contributed by atoms with van der Waals surface area (Å²) in [7, 11) is 0. The van der Waals surface area contributed by atoms with Crippen LogP contribution in [0.5, 0.6) is 11.5 Å². The van der Waals surface area contributed by atoms with Crippen LogP contribution >= 0.6 is 0 Å². The normalized spacial score (nSPS) is 19.0. The molecule has 1 saturated heterocycles. The number of nitrogens with zero attached hydrogens (tertiary/aromatic N) is 3. The number of rotatable bonds is 3. The number of ether oxygens (including phenoxy) is 1. The van der Waals surface area contributed by atoms with E-state index in [1.54, 1.807) is 6.07 Å². The van der Waals surface area contributed by atoms with Crippen molar-refractivity contribution in [2.45, 2.75) is 33.5 Å². The first-order valence-corrected chi connectivity index (χ1v) is 12.9. The number of aliphatic hydroxyl groups excluding tert-OH is 1. The van der Waals surface area contributed by atoms with Gasteiger partial charge in [-0.1, -0.05) is 19.5 Å². The maximum Gasteiger partial charge on any atom is 0.264 e. The number of aliphatic hydroxyl groups is 2. The van der Waals surface area contributed by atoms with Crippen LogP contribution in [-0.4, -0.2) is 63.7 Å². The second kappa shape index (κ2) is 11.7. The van der Waals surface area contributed by atoms with E-state index in [2.05, 4.69) is 28.6 Å². The third kappa shape index (κ3) is 5.27. The minimum absolute atomic E-state index is 0. The van der Waals surface area contributed by atoms with Gasteiger partial charge in [0, 0.05) is 157 Å². The number of benzene rings is 3. The molecule has 0 amide bonds. The molecule has 0 bridgehead atoms. The number of anilines is 1. The van der Waals surface area contributed by atoms with Crippen LogP contribution in [0.1, 0.15) is 26.3 Å². The molecule has 3 heterocycles. The van der Waals surface area contributed by atoms with Crippen LogP contribution in [0.25, 0.3) is 44.5 Å². The first kappa shape index (κ1) is 32.7. The largest absolute Gasteiger partial charge is 0.693 e. The average molecular weight is 988 g/mol. The van der Waals surface area contributed by atoms with E-state index >= 15 is 0 Å². The van der Waals surface area contributed by atoms with Gasteiger partial charge in [0.1, 0.15) is 22.6 Å². The third-order valence-electron chi connectivity index (χ3n) is 7.59. The van der Waals surface area contributed by atoms with Crippen LogP contribution < -0.4 is 25.7 Å². The van der Waals surface area contributed by atoms with Crippen LogP contribution in [0.4, 0.5) is 11.4 Å². The van der Waals surface area contributed by atoms with E-state index < -0.39 is 33.8 Å². The first-order chi connectivity index (χ1) is 18.4. The maximum atomic E-state index is 13.3. The van der Waals surface area contributed by atoms with E-state index in [4.69, 9.17) is 14.9 Å². The molecule has 3 aromatic carbocycles. The van der Waals surface area contributed by atoms with Gasteiger partial charge in [0.25, 0.3) is 5.79 Å². The SMILES string of the molecule is Cc1c2c(c3c(c(O)c([NH-])c4oc5cc(N6CCN(CC(C)C)CC6)cc(=O)c5nc43)c1=O)=C(O)C(C)(O)O2.[Ac].[Ac]. The summed E-state index contributed by atoms with van der Waals surface area (Å²) in [5, 5.41) is 32.0. The Morgan fingerprint density at radius 3 is 2.37 bits per heavy atom. The molecule has 210 valence electrons. The fourth-order valence-corrected chi connectivity index (χ4v) is 5.66.